The Balaban J connectivity index is 2.12. The normalized spacial score (nSPS) is 18.5. The summed E-state index contributed by atoms with van der Waals surface area (Å²) in [6.45, 7) is -3.43. The summed E-state index contributed by atoms with van der Waals surface area (Å²) >= 11 is 0. The van der Waals surface area contributed by atoms with Crippen molar-refractivity contribution in [2.24, 2.45) is 7.05 Å². The van der Waals surface area contributed by atoms with E-state index in [4.69, 9.17) is 11.0 Å². The fraction of sp³-hybridized carbons (Fsp3) is 0.263. The molecule has 2 heterocycles. The molecule has 0 unspecified atom stereocenters. The summed E-state index contributed by atoms with van der Waals surface area (Å²) in [4.78, 5) is 4.62. The molecule has 0 aliphatic heterocycles. The van der Waals surface area contributed by atoms with Crippen molar-refractivity contribution in [2.75, 3.05) is 0 Å². The Hall–Kier alpha value is -2.62. The highest BCUT2D eigenvalue weighted by atomic mass is 15.5. The van der Waals surface area contributed by atoms with E-state index in [2.05, 4.69) is 4.98 Å². The number of para-hydroxylation sites is 2. The molecule has 0 aliphatic rings. The second-order valence-corrected chi connectivity index (χ2v) is 5.52. The second-order valence-electron chi connectivity index (χ2n) is 5.52. The van der Waals surface area contributed by atoms with E-state index in [9.17, 15) is 0 Å². The number of hydrogen-bond acceptors (Lipinski definition) is 1. The summed E-state index contributed by atoms with van der Waals surface area (Å²) in [7, 11) is 1.57. The van der Waals surface area contributed by atoms with E-state index in [0.29, 0.717) is 28.1 Å². The van der Waals surface area contributed by atoms with Gasteiger partial charge in [0.2, 0.25) is 0 Å². The van der Waals surface area contributed by atoms with Gasteiger partial charge < -0.3 is 0 Å². The van der Waals surface area contributed by atoms with Crippen molar-refractivity contribution < 1.29 is 15.6 Å². The molecular weight excluding hydrogens is 284 g/mol. The molecule has 23 heavy (non-hydrogen) atoms. The summed E-state index contributed by atoms with van der Waals surface area (Å²) in [6.07, 6.45) is -2.68. The lowest BCUT2D eigenvalue weighted by molar-refractivity contribution is -0.750. The average molecular weight is 313 g/mol. The summed E-state index contributed by atoms with van der Waals surface area (Å²) in [5.74, 6) is 0.243. The fourth-order valence-corrected chi connectivity index (χ4v) is 3.04. The lowest BCUT2D eigenvalue weighted by atomic mass is 10.1. The molecule has 0 N–H and O–H groups in total. The van der Waals surface area contributed by atoms with Crippen LogP contribution >= 0.6 is 0 Å². The molecule has 0 radical (unpaired) electrons. The summed E-state index contributed by atoms with van der Waals surface area (Å²) in [6, 6.07) is 11.8. The predicted molar refractivity (Wildman–Crippen MR) is 92.1 cm³/mol. The van der Waals surface area contributed by atoms with Gasteiger partial charge in [-0.05, 0) is 37.5 Å². The van der Waals surface area contributed by atoms with Crippen LogP contribution in [0.25, 0.3) is 22.5 Å². The van der Waals surface area contributed by atoms with Gasteiger partial charge in [-0.3, -0.25) is 0 Å². The fourth-order valence-electron chi connectivity index (χ4n) is 3.04. The number of benzene rings is 2. The molecule has 0 fully saturated rings. The highest BCUT2D eigenvalue weighted by molar-refractivity contribution is 5.80. The third-order valence-electron chi connectivity index (χ3n) is 4.09. The molecule has 0 amide bonds. The van der Waals surface area contributed by atoms with Crippen LogP contribution in [0, 0.1) is 13.8 Å². The molecular formula is C19H21N4+. The quantitative estimate of drug-likeness (QED) is 0.522. The minimum absolute atomic E-state index is 0.0875. The lowest BCUT2D eigenvalue weighted by Gasteiger charge is -2.07. The van der Waals surface area contributed by atoms with Gasteiger partial charge in [0.05, 0.1) is 5.69 Å². The zero-order valence-corrected chi connectivity index (χ0v) is 12.8. The first-order valence-corrected chi connectivity index (χ1v) is 7.25. The molecule has 4 rings (SSSR count). The molecule has 0 spiro atoms. The number of nitrogens with zero attached hydrogens (tertiary/aromatic N) is 4. The van der Waals surface area contributed by atoms with Crippen LogP contribution in [0.15, 0.2) is 42.5 Å². The third kappa shape index (κ3) is 1.91. The van der Waals surface area contributed by atoms with Crippen LogP contribution in [0.5, 0.6) is 0 Å². The summed E-state index contributed by atoms with van der Waals surface area (Å²) in [5.41, 5.74) is 2.56. The standard InChI is InChI=1S/C19H21N4/c1-5-18-21(4)23(16-11-10-13(2)12-14(16)3)19-20-15-8-6-7-9-17(15)22(18)19/h6-12H,5H2,1-4H3/q+1/i1D3,2D3,5D2. The highest BCUT2D eigenvalue weighted by Crippen LogP contribution is 2.22. The van der Waals surface area contributed by atoms with Gasteiger partial charge in [0.1, 0.15) is 12.6 Å². The van der Waals surface area contributed by atoms with E-state index in [1.807, 2.05) is 0 Å². The van der Waals surface area contributed by atoms with Crippen LogP contribution in [-0.4, -0.2) is 14.1 Å². The Morgan fingerprint density at radius 2 is 2.13 bits per heavy atom. The van der Waals surface area contributed by atoms with Gasteiger partial charge in [-0.2, -0.15) is 14.1 Å². The largest absolute Gasteiger partial charge is 0.344 e. The maximum Gasteiger partial charge on any atom is 0.344 e. The molecule has 2 aromatic heterocycles. The molecule has 0 saturated carbocycles. The van der Waals surface area contributed by atoms with Crippen molar-refractivity contribution in [1.82, 2.24) is 14.1 Å². The Bertz CT molecular complexity index is 1310. The maximum absolute atomic E-state index is 8.45. The highest BCUT2D eigenvalue weighted by Gasteiger charge is 2.26. The van der Waals surface area contributed by atoms with Crippen molar-refractivity contribution in [3.05, 3.63) is 59.4 Å². The van der Waals surface area contributed by atoms with Crippen molar-refractivity contribution in [3.63, 3.8) is 0 Å². The third-order valence-corrected chi connectivity index (χ3v) is 4.09. The number of aromatic nitrogens is 4. The van der Waals surface area contributed by atoms with Crippen molar-refractivity contribution in [3.8, 4) is 5.69 Å². The SMILES string of the molecule is [2H]C([2H])([2H])c1ccc(-n2c3nc4ccccc4n3c(C([2H])([2H])C([2H])([2H])[2H])[n+]2C)c(C)c1. The molecule has 4 nitrogen and oxygen atoms in total. The Morgan fingerprint density at radius 3 is 2.91 bits per heavy atom. The Labute approximate surface area is 146 Å². The Kier molecular flexibility index (Phi) is 1.67. The number of fused-ring (bicyclic) bond motifs is 3. The topological polar surface area (TPSA) is 26.1 Å². The van der Waals surface area contributed by atoms with Crippen LogP contribution in [0.3, 0.4) is 0 Å². The molecule has 0 aliphatic carbocycles. The molecule has 116 valence electrons. The first-order chi connectivity index (χ1) is 14.2. The van der Waals surface area contributed by atoms with Crippen molar-refractivity contribution >= 4 is 16.8 Å². The maximum atomic E-state index is 8.45. The van der Waals surface area contributed by atoms with Crippen molar-refractivity contribution in [1.29, 1.82) is 0 Å². The lowest BCUT2D eigenvalue weighted by Crippen LogP contribution is -2.41. The van der Waals surface area contributed by atoms with Gasteiger partial charge in [-0.1, -0.05) is 36.7 Å². The van der Waals surface area contributed by atoms with Crippen LogP contribution in [0.4, 0.5) is 0 Å². The first-order valence-electron chi connectivity index (χ1n) is 11.3. The van der Waals surface area contributed by atoms with Gasteiger partial charge in [0.15, 0.2) is 5.52 Å². The van der Waals surface area contributed by atoms with E-state index in [1.54, 1.807) is 55.1 Å². The zero-order valence-electron chi connectivity index (χ0n) is 20.8. The summed E-state index contributed by atoms with van der Waals surface area (Å²) in [5, 5.41) is 0. The van der Waals surface area contributed by atoms with Crippen LogP contribution in [-0.2, 0) is 13.4 Å². The zero-order chi connectivity index (χ0) is 22.9. The minimum Gasteiger partial charge on any atom is -0.185 e. The van der Waals surface area contributed by atoms with Gasteiger partial charge in [-0.15, -0.1) is 4.68 Å². The number of hydrogen-bond donors (Lipinski definition) is 0. The van der Waals surface area contributed by atoms with E-state index in [-0.39, 0.29) is 11.4 Å². The Morgan fingerprint density at radius 1 is 1.26 bits per heavy atom. The number of imidazole rings is 1. The van der Waals surface area contributed by atoms with E-state index in [1.165, 1.54) is 15.1 Å². The van der Waals surface area contributed by atoms with Gasteiger partial charge in [0.25, 0.3) is 5.82 Å². The number of aryl methyl sites for hydroxylation is 3. The monoisotopic (exact) mass is 313 g/mol. The van der Waals surface area contributed by atoms with Crippen LogP contribution in [0.1, 0.15) is 34.8 Å². The minimum atomic E-state index is -2.92. The number of rotatable bonds is 2. The van der Waals surface area contributed by atoms with Gasteiger partial charge in [0, 0.05) is 17.3 Å². The van der Waals surface area contributed by atoms with E-state index >= 15 is 0 Å². The van der Waals surface area contributed by atoms with Gasteiger partial charge >= 0.3 is 5.78 Å². The molecule has 4 heteroatoms. The van der Waals surface area contributed by atoms with Gasteiger partial charge in [-0.25, -0.2) is 0 Å². The van der Waals surface area contributed by atoms with Crippen LogP contribution in [0.2, 0.25) is 0 Å². The average Bonchev–Trinajstić information content (AvgIpc) is 3.13. The van der Waals surface area contributed by atoms with Crippen LogP contribution < -0.4 is 4.68 Å². The van der Waals surface area contributed by atoms with Crippen molar-refractivity contribution in [2.45, 2.75) is 27.0 Å². The first kappa shape index (κ1) is 7.77. The summed E-state index contributed by atoms with van der Waals surface area (Å²) < 4.78 is 67.8. The molecule has 4 aromatic rings. The molecule has 2 aromatic carbocycles. The smallest absolute Gasteiger partial charge is 0.185 e. The molecule has 0 bridgehead atoms. The van der Waals surface area contributed by atoms with E-state index in [0.717, 1.165) is 0 Å². The predicted octanol–water partition coefficient (Wildman–Crippen LogP) is 3.28. The second kappa shape index (κ2) is 4.95. The van der Waals surface area contributed by atoms with E-state index < -0.39 is 20.1 Å². The molecule has 0 saturated heterocycles. The molecule has 0 atom stereocenters.